The second-order valence-corrected chi connectivity index (χ2v) is 6.59. The summed E-state index contributed by atoms with van der Waals surface area (Å²) in [5, 5.41) is 2.93. The molecule has 26 heavy (non-hydrogen) atoms. The van der Waals surface area contributed by atoms with Gasteiger partial charge in [0.1, 0.15) is 5.82 Å². The third-order valence-electron chi connectivity index (χ3n) is 4.67. The van der Waals surface area contributed by atoms with Crippen LogP contribution in [0.1, 0.15) is 38.8 Å². The van der Waals surface area contributed by atoms with Gasteiger partial charge in [-0.05, 0) is 50.1 Å². The number of carbonyl (C=O) groups excluding carboxylic acids is 1. The van der Waals surface area contributed by atoms with E-state index in [4.69, 9.17) is 4.74 Å². The van der Waals surface area contributed by atoms with Gasteiger partial charge in [0.05, 0.1) is 29.1 Å². The minimum Gasteiger partial charge on any atom is -0.480 e. The summed E-state index contributed by atoms with van der Waals surface area (Å²) in [6.07, 6.45) is 1.72. The lowest BCUT2D eigenvalue weighted by Gasteiger charge is -2.14. The van der Waals surface area contributed by atoms with E-state index in [1.165, 1.54) is 0 Å². The second kappa shape index (κ2) is 6.44. The molecule has 2 aromatic heterocycles. The molecular weight excluding hydrogens is 328 g/mol. The van der Waals surface area contributed by atoms with Gasteiger partial charge in [-0.15, -0.1) is 0 Å². The fraction of sp³-hybridized carbons (Fsp3) is 0.350. The van der Waals surface area contributed by atoms with Gasteiger partial charge in [0.25, 0.3) is 0 Å². The zero-order valence-corrected chi connectivity index (χ0v) is 16.0. The number of rotatable bonds is 2. The molecule has 4 rings (SSSR count). The normalized spacial score (nSPS) is 14.5. The summed E-state index contributed by atoms with van der Waals surface area (Å²) in [5.74, 6) is 1.26. The lowest BCUT2D eigenvalue weighted by Crippen LogP contribution is -2.26. The Balaban J connectivity index is 0.000000948. The first kappa shape index (κ1) is 17.9. The van der Waals surface area contributed by atoms with Crippen LogP contribution in [0.5, 0.6) is 5.88 Å². The van der Waals surface area contributed by atoms with Gasteiger partial charge in [0.15, 0.2) is 0 Å². The number of imidazole rings is 1. The van der Waals surface area contributed by atoms with E-state index in [1.807, 2.05) is 52.8 Å². The average molecular weight is 352 g/mol. The van der Waals surface area contributed by atoms with Crippen molar-refractivity contribution in [3.8, 4) is 17.3 Å². The van der Waals surface area contributed by atoms with Crippen LogP contribution in [-0.4, -0.2) is 28.0 Å². The van der Waals surface area contributed by atoms with Gasteiger partial charge in [0, 0.05) is 11.9 Å². The minimum atomic E-state index is -0.545. The lowest BCUT2D eigenvalue weighted by atomic mass is 9.86. The number of carbonyl (C=O) groups is 1. The maximum absolute atomic E-state index is 12.1. The van der Waals surface area contributed by atoms with Crippen LogP contribution in [0.2, 0.25) is 0 Å². The maximum Gasteiger partial charge on any atom is 0.234 e. The van der Waals surface area contributed by atoms with Crippen LogP contribution in [0.25, 0.3) is 22.4 Å². The Morgan fingerprint density at radius 3 is 2.62 bits per heavy atom. The fourth-order valence-electron chi connectivity index (χ4n) is 3.17. The molecule has 0 aliphatic carbocycles. The molecule has 3 aromatic rings. The van der Waals surface area contributed by atoms with Crippen molar-refractivity contribution in [3.05, 3.63) is 35.5 Å². The van der Waals surface area contributed by atoms with Gasteiger partial charge in [0.2, 0.25) is 11.8 Å². The van der Waals surface area contributed by atoms with E-state index < -0.39 is 5.41 Å². The summed E-state index contributed by atoms with van der Waals surface area (Å²) >= 11 is 0. The van der Waals surface area contributed by atoms with Gasteiger partial charge in [-0.2, -0.15) is 0 Å². The zero-order valence-electron chi connectivity index (χ0n) is 16.0. The highest BCUT2D eigenvalue weighted by molar-refractivity contribution is 6.07. The van der Waals surface area contributed by atoms with Gasteiger partial charge in [-0.25, -0.2) is 9.97 Å². The molecule has 6 nitrogen and oxygen atoms in total. The first-order chi connectivity index (χ1) is 12.4. The predicted molar refractivity (Wildman–Crippen MR) is 104 cm³/mol. The van der Waals surface area contributed by atoms with Crippen LogP contribution in [0.15, 0.2) is 24.4 Å². The van der Waals surface area contributed by atoms with Gasteiger partial charge in [-0.1, -0.05) is 13.8 Å². The number of benzene rings is 1. The molecule has 1 aliphatic heterocycles. The molecule has 0 radical (unpaired) electrons. The summed E-state index contributed by atoms with van der Waals surface area (Å²) < 4.78 is 5.38. The molecule has 1 amide bonds. The highest BCUT2D eigenvalue weighted by Gasteiger charge is 2.38. The van der Waals surface area contributed by atoms with Crippen molar-refractivity contribution in [1.29, 1.82) is 0 Å². The molecule has 0 fully saturated rings. The second-order valence-electron chi connectivity index (χ2n) is 6.59. The summed E-state index contributed by atoms with van der Waals surface area (Å²) in [4.78, 5) is 24.4. The average Bonchev–Trinajstić information content (AvgIpc) is 3.13. The quantitative estimate of drug-likeness (QED) is 0.724. The summed E-state index contributed by atoms with van der Waals surface area (Å²) in [7, 11) is 1.60. The number of H-pyrrole nitrogens is 1. The first-order valence-electron chi connectivity index (χ1n) is 8.77. The molecular formula is C20H24N4O2. The lowest BCUT2D eigenvalue weighted by molar-refractivity contribution is -0.119. The number of aryl methyl sites for hydroxylation is 1. The number of aromatic nitrogens is 3. The van der Waals surface area contributed by atoms with E-state index in [-0.39, 0.29) is 5.91 Å². The number of nitrogens with zero attached hydrogens (tertiary/aromatic N) is 2. The highest BCUT2D eigenvalue weighted by atomic mass is 16.5. The predicted octanol–water partition coefficient (Wildman–Crippen LogP) is 4.20. The van der Waals surface area contributed by atoms with Crippen LogP contribution in [-0.2, 0) is 10.2 Å². The summed E-state index contributed by atoms with van der Waals surface area (Å²) in [6.45, 7) is 9.84. The number of methoxy groups -OCH3 is 1. The van der Waals surface area contributed by atoms with E-state index in [2.05, 4.69) is 20.3 Å². The molecule has 2 N–H and O–H groups in total. The van der Waals surface area contributed by atoms with Crippen molar-refractivity contribution in [2.24, 2.45) is 0 Å². The Morgan fingerprint density at radius 2 is 1.92 bits per heavy atom. The van der Waals surface area contributed by atoms with Crippen LogP contribution >= 0.6 is 0 Å². The first-order valence-corrected chi connectivity index (χ1v) is 8.77. The third-order valence-corrected chi connectivity index (χ3v) is 4.67. The van der Waals surface area contributed by atoms with Crippen LogP contribution in [0.4, 0.5) is 5.69 Å². The van der Waals surface area contributed by atoms with E-state index in [9.17, 15) is 4.79 Å². The van der Waals surface area contributed by atoms with E-state index >= 15 is 0 Å². The third kappa shape index (κ3) is 2.62. The molecule has 0 unspecified atom stereocenters. The monoisotopic (exact) mass is 352 g/mol. The number of ether oxygens (including phenoxy) is 1. The molecule has 0 saturated carbocycles. The van der Waals surface area contributed by atoms with Crippen molar-refractivity contribution in [2.45, 2.75) is 40.0 Å². The SMILES string of the molecule is CC.COc1nccc(C)c1-c1nc2cc3c(cc2[nH]1)C(C)(C)C(=O)N3. The Kier molecular flexibility index (Phi) is 4.44. The minimum absolute atomic E-state index is 0.00940. The molecule has 1 aromatic carbocycles. The molecule has 0 atom stereocenters. The summed E-state index contributed by atoms with van der Waals surface area (Å²) in [5.41, 5.74) is 4.82. The van der Waals surface area contributed by atoms with Crippen molar-refractivity contribution >= 4 is 22.6 Å². The number of amides is 1. The highest BCUT2D eigenvalue weighted by Crippen LogP contribution is 2.40. The fourth-order valence-corrected chi connectivity index (χ4v) is 3.17. The molecule has 0 spiro atoms. The molecule has 0 saturated heterocycles. The standard InChI is InChI=1S/C18H18N4O2.C2H6/c1-9-5-6-19-16(24-4)14(9)15-20-12-7-10-11(8-13(12)21-15)22-17(23)18(10,2)3;1-2/h5-8H,1-4H3,(H,20,21)(H,22,23);1-2H3. The van der Waals surface area contributed by atoms with Gasteiger partial charge in [-0.3, -0.25) is 4.79 Å². The van der Waals surface area contributed by atoms with Crippen molar-refractivity contribution in [3.63, 3.8) is 0 Å². The molecule has 0 bridgehead atoms. The smallest absolute Gasteiger partial charge is 0.234 e. The van der Waals surface area contributed by atoms with E-state index in [1.54, 1.807) is 13.3 Å². The number of anilines is 1. The van der Waals surface area contributed by atoms with Crippen LogP contribution in [0, 0.1) is 6.92 Å². The number of nitrogens with one attached hydrogen (secondary N) is 2. The molecule has 136 valence electrons. The van der Waals surface area contributed by atoms with Crippen molar-refractivity contribution < 1.29 is 9.53 Å². The Labute approximate surface area is 153 Å². The number of fused-ring (bicyclic) bond motifs is 2. The van der Waals surface area contributed by atoms with Gasteiger partial charge < -0.3 is 15.0 Å². The van der Waals surface area contributed by atoms with E-state index in [0.29, 0.717) is 11.7 Å². The number of hydrogen-bond acceptors (Lipinski definition) is 4. The molecule has 6 heteroatoms. The number of hydrogen-bond donors (Lipinski definition) is 2. The number of aromatic amines is 1. The summed E-state index contributed by atoms with van der Waals surface area (Å²) in [6, 6.07) is 5.83. The van der Waals surface area contributed by atoms with E-state index in [0.717, 1.165) is 33.4 Å². The van der Waals surface area contributed by atoms with Crippen LogP contribution in [0.3, 0.4) is 0 Å². The van der Waals surface area contributed by atoms with Crippen molar-refractivity contribution in [1.82, 2.24) is 15.0 Å². The van der Waals surface area contributed by atoms with Crippen molar-refractivity contribution in [2.75, 3.05) is 12.4 Å². The Hall–Kier alpha value is -2.89. The topological polar surface area (TPSA) is 79.9 Å². The largest absolute Gasteiger partial charge is 0.480 e. The molecule has 3 heterocycles. The molecule has 1 aliphatic rings. The van der Waals surface area contributed by atoms with Crippen LogP contribution < -0.4 is 10.1 Å². The zero-order chi connectivity index (χ0) is 19.1. The maximum atomic E-state index is 12.1. The number of pyridine rings is 1. The van der Waals surface area contributed by atoms with Gasteiger partial charge >= 0.3 is 0 Å². The Bertz CT molecular complexity index is 989. The Morgan fingerprint density at radius 1 is 1.19 bits per heavy atom.